The maximum Gasteiger partial charge on any atom is 0.253 e. The molecule has 4 nitrogen and oxygen atoms in total. The van der Waals surface area contributed by atoms with Crippen LogP contribution in [0.15, 0.2) is 27.8 Å². The number of rotatable bonds is 2. The van der Waals surface area contributed by atoms with Crippen LogP contribution in [-0.4, -0.2) is 6.54 Å². The topological polar surface area (TPSA) is 63.4 Å². The first-order valence-electron chi connectivity index (χ1n) is 8.06. The Morgan fingerprint density at radius 1 is 1.14 bits per heavy atom. The molecule has 3 rings (SSSR count). The molecule has 2 aromatic carbocycles. The van der Waals surface area contributed by atoms with Crippen LogP contribution < -0.4 is 21.5 Å². The maximum atomic E-state index is 11.7. The summed E-state index contributed by atoms with van der Waals surface area (Å²) >= 11 is 0. The molecule has 0 bridgehead atoms. The van der Waals surface area contributed by atoms with Crippen molar-refractivity contribution in [3.8, 4) is 0 Å². The Morgan fingerprint density at radius 3 is 2.50 bits per heavy atom. The lowest BCUT2D eigenvalue weighted by atomic mass is 10.00. The van der Waals surface area contributed by atoms with Crippen molar-refractivity contribution >= 4 is 11.4 Å². The number of hydrogen-bond acceptors (Lipinski definition) is 4. The number of hydrogen-bond donors (Lipinski definition) is 1. The summed E-state index contributed by atoms with van der Waals surface area (Å²) in [5.41, 5.74) is 9.14. The summed E-state index contributed by atoms with van der Waals surface area (Å²) in [6.07, 6.45) is 2.97. The van der Waals surface area contributed by atoms with Crippen LogP contribution in [0.5, 0.6) is 0 Å². The van der Waals surface area contributed by atoms with Gasteiger partial charge in [-0.3, -0.25) is 9.59 Å². The van der Waals surface area contributed by atoms with E-state index in [2.05, 4.69) is 25.1 Å². The summed E-state index contributed by atoms with van der Waals surface area (Å²) in [6.45, 7) is 7.56. The average Bonchev–Trinajstić information content (AvgIpc) is 2.77. The second kappa shape index (κ2) is 6.77. The molecule has 0 radical (unpaired) electrons. The average molecular weight is 300 g/mol. The molecule has 1 heterocycles. The van der Waals surface area contributed by atoms with Gasteiger partial charge in [0.1, 0.15) is 11.4 Å². The SMILES string of the molecule is CC.CCc1ccc2c(c1)CN(c1c(N)c(=O)c1=O)CCC2. The minimum absolute atomic E-state index is 0.130. The van der Waals surface area contributed by atoms with E-state index in [0.717, 1.165) is 25.8 Å². The molecule has 0 fully saturated rings. The first kappa shape index (κ1) is 16.3. The molecule has 0 aliphatic carbocycles. The van der Waals surface area contributed by atoms with Crippen LogP contribution in [0.25, 0.3) is 0 Å². The summed E-state index contributed by atoms with van der Waals surface area (Å²) in [5.74, 6) is 0. The lowest BCUT2D eigenvalue weighted by molar-refractivity contribution is 0.761. The van der Waals surface area contributed by atoms with Crippen molar-refractivity contribution < 1.29 is 0 Å². The zero-order valence-corrected chi connectivity index (χ0v) is 13.6. The third kappa shape index (κ3) is 2.78. The predicted octanol–water partition coefficient (Wildman–Crippen LogP) is 2.41. The normalized spacial score (nSPS) is 14.0. The van der Waals surface area contributed by atoms with Crippen LogP contribution in [0.1, 0.15) is 43.9 Å². The van der Waals surface area contributed by atoms with Gasteiger partial charge in [-0.25, -0.2) is 0 Å². The highest BCUT2D eigenvalue weighted by Crippen LogP contribution is 2.26. The molecule has 2 aromatic rings. The van der Waals surface area contributed by atoms with Crippen molar-refractivity contribution in [2.45, 2.75) is 46.6 Å². The highest BCUT2D eigenvalue weighted by molar-refractivity contribution is 5.72. The highest BCUT2D eigenvalue weighted by atomic mass is 16.2. The molecule has 2 N–H and O–H groups in total. The van der Waals surface area contributed by atoms with Gasteiger partial charge in [-0.15, -0.1) is 0 Å². The molecule has 0 amide bonds. The fraction of sp³-hybridized carbons (Fsp3) is 0.444. The van der Waals surface area contributed by atoms with Crippen molar-refractivity contribution in [2.24, 2.45) is 0 Å². The fourth-order valence-corrected chi connectivity index (χ4v) is 2.94. The first-order chi connectivity index (χ1) is 10.6. The fourth-order valence-electron chi connectivity index (χ4n) is 2.94. The molecular weight excluding hydrogens is 276 g/mol. The van der Waals surface area contributed by atoms with Crippen LogP contribution in [0.2, 0.25) is 0 Å². The van der Waals surface area contributed by atoms with E-state index in [0.29, 0.717) is 12.2 Å². The number of nitrogens with zero attached hydrogens (tertiary/aromatic N) is 1. The number of nitrogens with two attached hydrogens (primary N) is 1. The Balaban J connectivity index is 0.000000847. The van der Waals surface area contributed by atoms with Crippen molar-refractivity contribution in [1.29, 1.82) is 0 Å². The van der Waals surface area contributed by atoms with Gasteiger partial charge in [-0.05, 0) is 36.0 Å². The van der Waals surface area contributed by atoms with Crippen molar-refractivity contribution in [3.05, 3.63) is 55.3 Å². The van der Waals surface area contributed by atoms with Gasteiger partial charge in [0.2, 0.25) is 0 Å². The summed E-state index contributed by atoms with van der Waals surface area (Å²) in [5, 5.41) is 0. The Labute approximate surface area is 131 Å². The summed E-state index contributed by atoms with van der Waals surface area (Å²) in [4.78, 5) is 24.9. The van der Waals surface area contributed by atoms with E-state index in [1.807, 2.05) is 18.7 Å². The molecule has 0 aromatic heterocycles. The molecule has 4 heteroatoms. The minimum atomic E-state index is -0.535. The Morgan fingerprint density at radius 2 is 1.86 bits per heavy atom. The van der Waals surface area contributed by atoms with Gasteiger partial charge in [0, 0.05) is 13.1 Å². The number of fused-ring (bicyclic) bond motifs is 1. The van der Waals surface area contributed by atoms with Gasteiger partial charge in [0.25, 0.3) is 10.9 Å². The van der Waals surface area contributed by atoms with E-state index >= 15 is 0 Å². The second-order valence-corrected chi connectivity index (χ2v) is 5.40. The van der Waals surface area contributed by atoms with E-state index in [4.69, 9.17) is 5.73 Å². The Hall–Kier alpha value is -2.10. The molecule has 0 spiro atoms. The molecule has 118 valence electrons. The van der Waals surface area contributed by atoms with Gasteiger partial charge >= 0.3 is 0 Å². The summed E-state index contributed by atoms with van der Waals surface area (Å²) in [6, 6.07) is 6.55. The lowest BCUT2D eigenvalue weighted by Gasteiger charge is -2.25. The van der Waals surface area contributed by atoms with Crippen LogP contribution in [0, 0.1) is 0 Å². The molecule has 0 unspecified atom stereocenters. The van der Waals surface area contributed by atoms with Crippen molar-refractivity contribution in [3.63, 3.8) is 0 Å². The number of anilines is 2. The molecule has 1 aliphatic rings. The van der Waals surface area contributed by atoms with Gasteiger partial charge in [0.15, 0.2) is 0 Å². The minimum Gasteiger partial charge on any atom is -0.394 e. The standard InChI is InChI=1S/C16H18N2O2.C2H6/c1-2-10-5-6-11-4-3-7-18(9-12(11)8-10)14-13(17)15(19)16(14)20;1-2/h5-6,8H,2-4,7,9,17H2,1H3;1-2H3. The molecule has 0 saturated heterocycles. The van der Waals surface area contributed by atoms with E-state index in [-0.39, 0.29) is 5.69 Å². The molecule has 0 saturated carbocycles. The first-order valence-corrected chi connectivity index (χ1v) is 8.06. The summed E-state index contributed by atoms with van der Waals surface area (Å²) < 4.78 is 0. The third-order valence-corrected chi connectivity index (χ3v) is 4.15. The van der Waals surface area contributed by atoms with E-state index < -0.39 is 10.9 Å². The van der Waals surface area contributed by atoms with Crippen LogP contribution >= 0.6 is 0 Å². The van der Waals surface area contributed by atoms with Crippen molar-refractivity contribution in [2.75, 3.05) is 17.2 Å². The number of benzene rings is 1. The van der Waals surface area contributed by atoms with E-state index in [9.17, 15) is 9.59 Å². The van der Waals surface area contributed by atoms with E-state index in [1.165, 1.54) is 16.7 Å². The van der Waals surface area contributed by atoms with Crippen LogP contribution in [-0.2, 0) is 19.4 Å². The number of nitrogen functional groups attached to an aromatic ring is 1. The third-order valence-electron chi connectivity index (χ3n) is 4.15. The van der Waals surface area contributed by atoms with Crippen LogP contribution in [0.4, 0.5) is 11.4 Å². The quantitative estimate of drug-likeness (QED) is 0.865. The Bertz CT molecular complexity index is 727. The maximum absolute atomic E-state index is 11.7. The molecule has 22 heavy (non-hydrogen) atoms. The van der Waals surface area contributed by atoms with Gasteiger partial charge in [-0.2, -0.15) is 0 Å². The largest absolute Gasteiger partial charge is 0.394 e. The van der Waals surface area contributed by atoms with E-state index in [1.54, 1.807) is 0 Å². The predicted molar refractivity (Wildman–Crippen MR) is 92.3 cm³/mol. The smallest absolute Gasteiger partial charge is 0.253 e. The summed E-state index contributed by atoms with van der Waals surface area (Å²) in [7, 11) is 0. The van der Waals surface area contributed by atoms with Crippen LogP contribution in [0.3, 0.4) is 0 Å². The monoisotopic (exact) mass is 300 g/mol. The molecule has 0 atom stereocenters. The molecule has 1 aliphatic heterocycles. The molecular formula is C18H24N2O2. The van der Waals surface area contributed by atoms with Gasteiger partial charge < -0.3 is 10.6 Å². The second-order valence-electron chi connectivity index (χ2n) is 5.40. The lowest BCUT2D eigenvalue weighted by Crippen LogP contribution is -2.42. The van der Waals surface area contributed by atoms with Gasteiger partial charge in [0.05, 0.1) is 0 Å². The van der Waals surface area contributed by atoms with Gasteiger partial charge in [-0.1, -0.05) is 39.0 Å². The zero-order chi connectivity index (χ0) is 16.3. The highest BCUT2D eigenvalue weighted by Gasteiger charge is 2.25. The Kier molecular flexibility index (Phi) is 5.01. The van der Waals surface area contributed by atoms with Crippen molar-refractivity contribution in [1.82, 2.24) is 0 Å². The zero-order valence-electron chi connectivity index (χ0n) is 13.6. The number of aryl methyl sites for hydroxylation is 2.